The number of nitrogens with one attached hydrogen (secondary N) is 2. The molecule has 0 saturated carbocycles. The second-order valence-electron chi connectivity index (χ2n) is 5.30. The minimum atomic E-state index is -3.54. The van der Waals surface area contributed by atoms with Gasteiger partial charge < -0.3 is 10.2 Å². The summed E-state index contributed by atoms with van der Waals surface area (Å²) in [6.45, 7) is 0.834. The predicted molar refractivity (Wildman–Crippen MR) is 82.7 cm³/mol. The first-order chi connectivity index (χ1) is 10.3. The van der Waals surface area contributed by atoms with E-state index in [2.05, 4.69) is 5.32 Å². The summed E-state index contributed by atoms with van der Waals surface area (Å²) in [6, 6.07) is 8.90. The highest BCUT2D eigenvalue weighted by Crippen LogP contribution is 2.18. The number of amides is 3. The molecule has 0 aromatic heterocycles. The Bertz CT molecular complexity index is 637. The molecule has 3 amide bonds. The number of hydrogen-bond acceptors (Lipinski definition) is 4. The van der Waals surface area contributed by atoms with Crippen molar-refractivity contribution in [1.29, 1.82) is 0 Å². The molecule has 1 heterocycles. The zero-order chi connectivity index (χ0) is 16.2. The third-order valence-corrected chi connectivity index (χ3v) is 4.04. The van der Waals surface area contributed by atoms with Gasteiger partial charge in [0.1, 0.15) is 0 Å². The van der Waals surface area contributed by atoms with Crippen LogP contribution in [0.2, 0.25) is 0 Å². The molecule has 1 aliphatic rings. The molecule has 1 aliphatic heterocycles. The SMILES string of the molecule is CS(=O)(=O)NC(=O)C1CCN(C(=O)Nc2ccccc2)CC1. The van der Waals surface area contributed by atoms with Crippen LogP contribution in [-0.4, -0.2) is 44.6 Å². The number of sulfonamides is 1. The maximum atomic E-state index is 12.1. The van der Waals surface area contributed by atoms with Crippen LogP contribution in [0.15, 0.2) is 30.3 Å². The Morgan fingerprint density at radius 1 is 1.14 bits per heavy atom. The fourth-order valence-electron chi connectivity index (χ4n) is 2.33. The number of piperidine rings is 1. The van der Waals surface area contributed by atoms with Crippen LogP contribution in [0.3, 0.4) is 0 Å². The molecule has 7 nitrogen and oxygen atoms in total. The number of rotatable bonds is 3. The molecule has 2 rings (SSSR count). The number of urea groups is 1. The smallest absolute Gasteiger partial charge is 0.321 e. The zero-order valence-electron chi connectivity index (χ0n) is 12.3. The van der Waals surface area contributed by atoms with Crippen molar-refractivity contribution in [3.63, 3.8) is 0 Å². The van der Waals surface area contributed by atoms with Crippen molar-refractivity contribution in [3.8, 4) is 0 Å². The third-order valence-electron chi connectivity index (χ3n) is 3.46. The fraction of sp³-hybridized carbons (Fsp3) is 0.429. The fourth-order valence-corrected chi connectivity index (χ4v) is 2.87. The van der Waals surface area contributed by atoms with Gasteiger partial charge in [-0.2, -0.15) is 0 Å². The number of hydrogen-bond donors (Lipinski definition) is 2. The Kier molecular flexibility index (Phi) is 5.02. The van der Waals surface area contributed by atoms with E-state index >= 15 is 0 Å². The van der Waals surface area contributed by atoms with Gasteiger partial charge in [0.15, 0.2) is 0 Å². The van der Waals surface area contributed by atoms with Crippen molar-refractivity contribution in [3.05, 3.63) is 30.3 Å². The van der Waals surface area contributed by atoms with Crippen molar-refractivity contribution in [2.75, 3.05) is 24.7 Å². The first-order valence-electron chi connectivity index (χ1n) is 6.98. The Hall–Kier alpha value is -2.09. The molecule has 120 valence electrons. The minimum absolute atomic E-state index is 0.215. The lowest BCUT2D eigenvalue weighted by atomic mass is 9.96. The normalized spacial score (nSPS) is 16.1. The van der Waals surface area contributed by atoms with Crippen molar-refractivity contribution in [2.45, 2.75) is 12.8 Å². The molecular formula is C14H19N3O4S. The van der Waals surface area contributed by atoms with Gasteiger partial charge in [0.2, 0.25) is 15.9 Å². The summed E-state index contributed by atoms with van der Waals surface area (Å²) < 4.78 is 24.1. The van der Waals surface area contributed by atoms with E-state index < -0.39 is 15.9 Å². The van der Waals surface area contributed by atoms with Gasteiger partial charge in [-0.3, -0.25) is 9.52 Å². The summed E-state index contributed by atoms with van der Waals surface area (Å²) in [7, 11) is -3.54. The van der Waals surface area contributed by atoms with Crippen molar-refractivity contribution in [2.24, 2.45) is 5.92 Å². The first-order valence-corrected chi connectivity index (χ1v) is 8.87. The number of para-hydroxylation sites is 1. The molecule has 1 saturated heterocycles. The van der Waals surface area contributed by atoms with E-state index in [1.165, 1.54) is 0 Å². The van der Waals surface area contributed by atoms with Gasteiger partial charge in [0.05, 0.1) is 6.26 Å². The maximum absolute atomic E-state index is 12.1. The number of carbonyl (C=O) groups excluding carboxylic acids is 2. The lowest BCUT2D eigenvalue weighted by molar-refractivity contribution is -0.124. The predicted octanol–water partition coefficient (Wildman–Crippen LogP) is 1.01. The van der Waals surface area contributed by atoms with Gasteiger partial charge >= 0.3 is 6.03 Å². The van der Waals surface area contributed by atoms with Gasteiger partial charge in [0, 0.05) is 24.7 Å². The van der Waals surface area contributed by atoms with Gasteiger partial charge in [-0.1, -0.05) is 18.2 Å². The molecule has 2 N–H and O–H groups in total. The second-order valence-corrected chi connectivity index (χ2v) is 7.04. The number of carbonyl (C=O) groups is 2. The first kappa shape index (κ1) is 16.3. The second kappa shape index (κ2) is 6.78. The van der Waals surface area contributed by atoms with E-state index in [-0.39, 0.29) is 11.9 Å². The van der Waals surface area contributed by atoms with E-state index in [4.69, 9.17) is 0 Å². The summed E-state index contributed by atoms with van der Waals surface area (Å²) in [6.07, 6.45) is 1.85. The summed E-state index contributed by atoms with van der Waals surface area (Å²) in [5.41, 5.74) is 0.712. The highest BCUT2D eigenvalue weighted by Gasteiger charge is 2.28. The molecule has 0 aliphatic carbocycles. The third kappa shape index (κ3) is 4.73. The highest BCUT2D eigenvalue weighted by molar-refractivity contribution is 7.89. The Labute approximate surface area is 129 Å². The quantitative estimate of drug-likeness (QED) is 0.867. The number of likely N-dealkylation sites (tertiary alicyclic amines) is 1. The number of benzene rings is 1. The van der Waals surface area contributed by atoms with Crippen LogP contribution in [-0.2, 0) is 14.8 Å². The van der Waals surface area contributed by atoms with Crippen LogP contribution >= 0.6 is 0 Å². The van der Waals surface area contributed by atoms with E-state index in [1.807, 2.05) is 22.9 Å². The highest BCUT2D eigenvalue weighted by atomic mass is 32.2. The molecule has 22 heavy (non-hydrogen) atoms. The largest absolute Gasteiger partial charge is 0.324 e. The lowest BCUT2D eigenvalue weighted by Gasteiger charge is -2.31. The average Bonchev–Trinajstić information content (AvgIpc) is 2.46. The molecule has 0 bridgehead atoms. The maximum Gasteiger partial charge on any atom is 0.321 e. The molecule has 1 aromatic carbocycles. The van der Waals surface area contributed by atoms with Gasteiger partial charge in [-0.15, -0.1) is 0 Å². The summed E-state index contributed by atoms with van der Waals surface area (Å²) in [5.74, 6) is -0.874. The Balaban J connectivity index is 1.84. The summed E-state index contributed by atoms with van der Waals surface area (Å²) in [4.78, 5) is 25.5. The Morgan fingerprint density at radius 2 is 1.73 bits per heavy atom. The number of nitrogens with zero attached hydrogens (tertiary/aromatic N) is 1. The van der Waals surface area contributed by atoms with Gasteiger partial charge in [-0.05, 0) is 25.0 Å². The molecule has 8 heteroatoms. The molecule has 1 fully saturated rings. The van der Waals surface area contributed by atoms with Crippen molar-refractivity contribution < 1.29 is 18.0 Å². The molecule has 0 spiro atoms. The summed E-state index contributed by atoms with van der Waals surface area (Å²) >= 11 is 0. The van der Waals surface area contributed by atoms with Gasteiger partial charge in [0.25, 0.3) is 0 Å². The van der Waals surface area contributed by atoms with Crippen LogP contribution in [0.4, 0.5) is 10.5 Å². The molecular weight excluding hydrogens is 306 g/mol. The van der Waals surface area contributed by atoms with E-state index in [0.29, 0.717) is 31.6 Å². The lowest BCUT2D eigenvalue weighted by Crippen LogP contribution is -2.45. The van der Waals surface area contributed by atoms with Gasteiger partial charge in [-0.25, -0.2) is 13.2 Å². The van der Waals surface area contributed by atoms with E-state index in [0.717, 1.165) is 6.26 Å². The van der Waals surface area contributed by atoms with Crippen LogP contribution < -0.4 is 10.0 Å². The summed E-state index contributed by atoms with van der Waals surface area (Å²) in [5, 5.41) is 2.78. The molecule has 0 atom stereocenters. The standard InChI is InChI=1S/C14H19N3O4S/c1-22(20,21)16-13(18)11-7-9-17(10-8-11)14(19)15-12-5-3-2-4-6-12/h2-6,11H,7-10H2,1H3,(H,15,19)(H,16,18). The van der Waals surface area contributed by atoms with Crippen molar-refractivity contribution in [1.82, 2.24) is 9.62 Å². The van der Waals surface area contributed by atoms with E-state index in [1.54, 1.807) is 17.0 Å². The van der Waals surface area contributed by atoms with Crippen molar-refractivity contribution >= 4 is 27.6 Å². The van der Waals surface area contributed by atoms with E-state index in [9.17, 15) is 18.0 Å². The zero-order valence-corrected chi connectivity index (χ0v) is 13.1. The van der Waals surface area contributed by atoms with Crippen LogP contribution in [0.25, 0.3) is 0 Å². The molecule has 1 aromatic rings. The topological polar surface area (TPSA) is 95.6 Å². The minimum Gasteiger partial charge on any atom is -0.324 e. The Morgan fingerprint density at radius 3 is 2.27 bits per heavy atom. The molecule has 0 unspecified atom stereocenters. The van der Waals surface area contributed by atoms with Crippen LogP contribution in [0.5, 0.6) is 0 Å². The number of anilines is 1. The monoisotopic (exact) mass is 325 g/mol. The van der Waals surface area contributed by atoms with Crippen LogP contribution in [0.1, 0.15) is 12.8 Å². The average molecular weight is 325 g/mol. The van der Waals surface area contributed by atoms with Crippen LogP contribution in [0, 0.1) is 5.92 Å². The molecule has 0 radical (unpaired) electrons.